The normalized spacial score (nSPS) is 10.7. The fraction of sp³-hybridized carbons (Fsp3) is 0.316. The Morgan fingerprint density at radius 2 is 2.11 bits per heavy atom. The quantitative estimate of drug-likeness (QED) is 0.633. The lowest BCUT2D eigenvalue weighted by molar-refractivity contribution is -0.123. The molecule has 0 saturated heterocycles. The van der Waals surface area contributed by atoms with Gasteiger partial charge >= 0.3 is 0 Å². The topological polar surface area (TPSA) is 121 Å². The summed E-state index contributed by atoms with van der Waals surface area (Å²) in [6.45, 7) is 6.35. The van der Waals surface area contributed by atoms with Crippen LogP contribution in [0.3, 0.4) is 0 Å². The van der Waals surface area contributed by atoms with Gasteiger partial charge in [0.25, 0.3) is 5.91 Å². The molecule has 28 heavy (non-hydrogen) atoms. The van der Waals surface area contributed by atoms with Gasteiger partial charge in [-0.25, -0.2) is 14.6 Å². The van der Waals surface area contributed by atoms with Crippen molar-refractivity contribution in [3.05, 3.63) is 58.8 Å². The molecule has 0 radical (unpaired) electrons. The van der Waals surface area contributed by atoms with Gasteiger partial charge < -0.3 is 15.8 Å². The molecule has 2 aromatic heterocycles. The van der Waals surface area contributed by atoms with Crippen LogP contribution in [0.25, 0.3) is 0 Å². The van der Waals surface area contributed by atoms with E-state index in [1.54, 1.807) is 24.0 Å². The fourth-order valence-corrected chi connectivity index (χ4v) is 2.57. The Morgan fingerprint density at radius 3 is 2.89 bits per heavy atom. The van der Waals surface area contributed by atoms with Crippen molar-refractivity contribution in [1.29, 1.82) is 0 Å². The molecular formula is C19H23N7O2. The van der Waals surface area contributed by atoms with E-state index in [2.05, 4.69) is 25.6 Å². The molecule has 0 spiro atoms. The molecule has 146 valence electrons. The van der Waals surface area contributed by atoms with Gasteiger partial charge in [0.2, 0.25) is 0 Å². The molecule has 3 aromatic rings. The maximum absolute atomic E-state index is 12.0. The van der Waals surface area contributed by atoms with Crippen molar-refractivity contribution in [3.8, 4) is 5.75 Å². The third-order valence-electron chi connectivity index (χ3n) is 4.32. The van der Waals surface area contributed by atoms with Crippen LogP contribution in [0.5, 0.6) is 5.75 Å². The number of aryl methyl sites for hydroxylation is 2. The van der Waals surface area contributed by atoms with Gasteiger partial charge in [0.05, 0.1) is 19.3 Å². The number of carbonyl (C=O) groups is 1. The molecule has 9 nitrogen and oxygen atoms in total. The molecule has 3 rings (SSSR count). The lowest BCUT2D eigenvalue weighted by atomic mass is 10.1. The number of ether oxygens (including phenoxy) is 1. The van der Waals surface area contributed by atoms with Crippen LogP contribution in [-0.2, 0) is 17.9 Å². The molecule has 0 unspecified atom stereocenters. The summed E-state index contributed by atoms with van der Waals surface area (Å²) >= 11 is 0. The van der Waals surface area contributed by atoms with E-state index in [4.69, 9.17) is 10.5 Å². The lowest BCUT2D eigenvalue weighted by Gasteiger charge is -2.10. The van der Waals surface area contributed by atoms with Crippen molar-refractivity contribution >= 4 is 11.7 Å². The van der Waals surface area contributed by atoms with E-state index >= 15 is 0 Å². The first-order valence-electron chi connectivity index (χ1n) is 8.85. The molecular weight excluding hydrogens is 358 g/mol. The minimum Gasteiger partial charge on any atom is -0.483 e. The SMILES string of the molecule is Cc1ncc(Cn2cc(CNC(=O)COc3cccc(C)c3C)nn2)c(N)n1. The van der Waals surface area contributed by atoms with E-state index in [-0.39, 0.29) is 19.1 Å². The number of nitrogens with one attached hydrogen (secondary N) is 1. The molecule has 0 saturated carbocycles. The molecule has 0 fully saturated rings. The van der Waals surface area contributed by atoms with Gasteiger partial charge in [-0.05, 0) is 38.0 Å². The Kier molecular flexibility index (Phi) is 5.83. The number of nitrogens with two attached hydrogens (primary N) is 1. The highest BCUT2D eigenvalue weighted by Crippen LogP contribution is 2.20. The van der Waals surface area contributed by atoms with Crippen LogP contribution in [0.1, 0.15) is 28.2 Å². The van der Waals surface area contributed by atoms with E-state index in [0.717, 1.165) is 16.7 Å². The van der Waals surface area contributed by atoms with Crippen molar-refractivity contribution in [1.82, 2.24) is 30.3 Å². The molecule has 0 bridgehead atoms. The minimum absolute atomic E-state index is 0.0599. The highest BCUT2D eigenvalue weighted by molar-refractivity contribution is 5.77. The van der Waals surface area contributed by atoms with Crippen LogP contribution in [0, 0.1) is 20.8 Å². The molecule has 9 heteroatoms. The summed E-state index contributed by atoms with van der Waals surface area (Å²) in [6, 6.07) is 5.75. The third-order valence-corrected chi connectivity index (χ3v) is 4.32. The van der Waals surface area contributed by atoms with Crippen molar-refractivity contribution in [2.24, 2.45) is 0 Å². The summed E-state index contributed by atoms with van der Waals surface area (Å²) in [5, 5.41) is 10.9. The van der Waals surface area contributed by atoms with E-state index in [9.17, 15) is 4.79 Å². The predicted octanol–water partition coefficient (Wildman–Crippen LogP) is 1.32. The number of aromatic nitrogens is 5. The van der Waals surface area contributed by atoms with Gasteiger partial charge in [0.15, 0.2) is 6.61 Å². The maximum atomic E-state index is 12.0. The smallest absolute Gasteiger partial charge is 0.258 e. The summed E-state index contributed by atoms with van der Waals surface area (Å²) in [7, 11) is 0. The molecule has 1 aromatic carbocycles. The van der Waals surface area contributed by atoms with Crippen molar-refractivity contribution in [2.45, 2.75) is 33.9 Å². The number of benzene rings is 1. The lowest BCUT2D eigenvalue weighted by Crippen LogP contribution is -2.28. The number of hydrogen-bond donors (Lipinski definition) is 2. The Labute approximate surface area is 162 Å². The maximum Gasteiger partial charge on any atom is 0.258 e. The number of nitrogens with zero attached hydrogens (tertiary/aromatic N) is 5. The molecule has 1 amide bonds. The Bertz CT molecular complexity index is 984. The number of nitrogen functional groups attached to an aromatic ring is 1. The second-order valence-corrected chi connectivity index (χ2v) is 6.50. The van der Waals surface area contributed by atoms with Gasteiger partial charge in [-0.2, -0.15) is 0 Å². The van der Waals surface area contributed by atoms with Crippen molar-refractivity contribution in [3.63, 3.8) is 0 Å². The van der Waals surface area contributed by atoms with Crippen LogP contribution in [0.15, 0.2) is 30.6 Å². The first-order valence-corrected chi connectivity index (χ1v) is 8.85. The molecule has 2 heterocycles. The molecule has 0 aliphatic carbocycles. The third kappa shape index (κ3) is 4.81. The average molecular weight is 381 g/mol. The van der Waals surface area contributed by atoms with Gasteiger partial charge in [-0.15, -0.1) is 5.10 Å². The summed E-state index contributed by atoms with van der Waals surface area (Å²) in [5.74, 6) is 1.51. The zero-order valence-corrected chi connectivity index (χ0v) is 16.1. The zero-order valence-electron chi connectivity index (χ0n) is 16.1. The second kappa shape index (κ2) is 8.47. The van der Waals surface area contributed by atoms with Crippen molar-refractivity contribution in [2.75, 3.05) is 12.3 Å². The summed E-state index contributed by atoms with van der Waals surface area (Å²) < 4.78 is 7.22. The number of carbonyl (C=O) groups excluding carboxylic acids is 1. The summed E-state index contributed by atoms with van der Waals surface area (Å²) in [4.78, 5) is 20.3. The Hall–Kier alpha value is -3.49. The monoisotopic (exact) mass is 381 g/mol. The predicted molar refractivity (Wildman–Crippen MR) is 104 cm³/mol. The largest absolute Gasteiger partial charge is 0.483 e. The van der Waals surface area contributed by atoms with Gasteiger partial charge in [0, 0.05) is 11.8 Å². The van der Waals surface area contributed by atoms with Crippen LogP contribution in [0.4, 0.5) is 5.82 Å². The van der Waals surface area contributed by atoms with Crippen LogP contribution in [0.2, 0.25) is 0 Å². The number of anilines is 1. The molecule has 0 atom stereocenters. The number of amides is 1. The summed E-state index contributed by atoms with van der Waals surface area (Å²) in [5.41, 5.74) is 9.43. The zero-order chi connectivity index (χ0) is 20.1. The van der Waals surface area contributed by atoms with Gasteiger partial charge in [-0.3, -0.25) is 4.79 Å². The average Bonchev–Trinajstić information content (AvgIpc) is 3.11. The highest BCUT2D eigenvalue weighted by Gasteiger charge is 2.09. The number of hydrogen-bond acceptors (Lipinski definition) is 7. The molecule has 0 aliphatic rings. The Morgan fingerprint density at radius 1 is 1.29 bits per heavy atom. The van der Waals surface area contributed by atoms with Crippen LogP contribution >= 0.6 is 0 Å². The number of rotatable bonds is 7. The van der Waals surface area contributed by atoms with Crippen LogP contribution < -0.4 is 15.8 Å². The minimum atomic E-state index is -0.230. The molecule has 0 aliphatic heterocycles. The first kappa shape index (κ1) is 19.3. The van der Waals surface area contributed by atoms with Gasteiger partial charge in [0.1, 0.15) is 23.1 Å². The highest BCUT2D eigenvalue weighted by atomic mass is 16.5. The molecule has 3 N–H and O–H groups in total. The van der Waals surface area contributed by atoms with E-state index in [1.807, 2.05) is 32.0 Å². The van der Waals surface area contributed by atoms with Gasteiger partial charge in [-0.1, -0.05) is 17.3 Å². The van der Waals surface area contributed by atoms with E-state index in [1.165, 1.54) is 0 Å². The van der Waals surface area contributed by atoms with E-state index < -0.39 is 0 Å². The second-order valence-electron chi connectivity index (χ2n) is 6.50. The standard InChI is InChI=1S/C19H23N7O2/c1-12-5-4-6-17(13(12)2)28-11-18(27)22-8-16-10-26(25-24-16)9-15-7-21-14(3)23-19(15)20/h4-7,10H,8-9,11H2,1-3H3,(H,22,27)(H2,20,21,23). The fourth-order valence-electron chi connectivity index (χ4n) is 2.57. The summed E-state index contributed by atoms with van der Waals surface area (Å²) in [6.07, 6.45) is 3.41. The van der Waals surface area contributed by atoms with Crippen LogP contribution in [-0.4, -0.2) is 37.5 Å². The Balaban J connectivity index is 1.50. The van der Waals surface area contributed by atoms with Crippen molar-refractivity contribution < 1.29 is 9.53 Å². The van der Waals surface area contributed by atoms with E-state index in [0.29, 0.717) is 29.6 Å². The first-order chi connectivity index (χ1) is 13.4.